The van der Waals surface area contributed by atoms with Crippen molar-refractivity contribution < 1.29 is 9.53 Å². The van der Waals surface area contributed by atoms with Crippen LogP contribution in [0.5, 0.6) is 5.75 Å². The van der Waals surface area contributed by atoms with Crippen LogP contribution < -0.4 is 4.74 Å². The Bertz CT molecular complexity index is 563. The summed E-state index contributed by atoms with van der Waals surface area (Å²) in [5, 5.41) is 1.79. The molecular weight excluding hydrogens is 260 g/mol. The van der Waals surface area contributed by atoms with Crippen molar-refractivity contribution in [2.75, 3.05) is 14.2 Å². The van der Waals surface area contributed by atoms with Crippen LogP contribution in [0.15, 0.2) is 29.6 Å². The van der Waals surface area contributed by atoms with Crippen LogP contribution >= 0.6 is 11.5 Å². The third-order valence-corrected chi connectivity index (χ3v) is 3.63. The minimum atomic E-state index is 0.00191. The molecule has 2 rings (SSSR count). The largest absolute Gasteiger partial charge is 0.497 e. The number of benzene rings is 1. The van der Waals surface area contributed by atoms with E-state index in [1.54, 1.807) is 24.4 Å². The van der Waals surface area contributed by atoms with E-state index < -0.39 is 0 Å². The summed E-state index contributed by atoms with van der Waals surface area (Å²) in [6, 6.07) is 7.71. The first-order chi connectivity index (χ1) is 9.11. The smallest absolute Gasteiger partial charge is 0.256 e. The predicted molar refractivity (Wildman–Crippen MR) is 75.6 cm³/mol. The Morgan fingerprint density at radius 2 is 2.05 bits per heavy atom. The molecule has 0 spiro atoms. The molecular formula is C14H16N2O2S. The van der Waals surface area contributed by atoms with Crippen LogP contribution in [0.2, 0.25) is 0 Å². The second kappa shape index (κ2) is 5.84. The first kappa shape index (κ1) is 13.5. The number of nitrogens with zero attached hydrogens (tertiary/aromatic N) is 2. The van der Waals surface area contributed by atoms with Gasteiger partial charge in [-0.05, 0) is 36.2 Å². The zero-order valence-electron chi connectivity index (χ0n) is 11.2. The topological polar surface area (TPSA) is 42.4 Å². The van der Waals surface area contributed by atoms with E-state index in [9.17, 15) is 4.79 Å². The highest BCUT2D eigenvalue weighted by molar-refractivity contribution is 7.03. The van der Waals surface area contributed by atoms with Gasteiger partial charge in [-0.1, -0.05) is 12.1 Å². The van der Waals surface area contributed by atoms with Gasteiger partial charge in [0.05, 0.1) is 18.4 Å². The molecule has 0 aliphatic rings. The molecule has 0 bridgehead atoms. The van der Waals surface area contributed by atoms with E-state index in [-0.39, 0.29) is 5.91 Å². The van der Waals surface area contributed by atoms with Crippen molar-refractivity contribution in [1.82, 2.24) is 9.27 Å². The van der Waals surface area contributed by atoms with Crippen molar-refractivity contribution in [1.29, 1.82) is 0 Å². The summed E-state index contributed by atoms with van der Waals surface area (Å²) in [5.41, 5.74) is 2.54. The molecule has 100 valence electrons. The van der Waals surface area contributed by atoms with Crippen molar-refractivity contribution in [3.8, 4) is 5.75 Å². The van der Waals surface area contributed by atoms with Gasteiger partial charge < -0.3 is 9.64 Å². The van der Waals surface area contributed by atoms with Crippen LogP contribution in [-0.2, 0) is 6.54 Å². The average molecular weight is 276 g/mol. The number of aryl methyl sites for hydroxylation is 1. The standard InChI is InChI=1S/C14H16N2O2S/c1-10-13(9-19-15-10)14(17)16(2)8-11-4-6-12(18-3)7-5-11/h4-7,9H,8H2,1-3H3. The van der Waals surface area contributed by atoms with E-state index in [0.29, 0.717) is 12.1 Å². The van der Waals surface area contributed by atoms with Gasteiger partial charge in [0.1, 0.15) is 5.75 Å². The Morgan fingerprint density at radius 1 is 1.37 bits per heavy atom. The molecule has 0 N–H and O–H groups in total. The SMILES string of the molecule is COc1ccc(CN(C)C(=O)c2csnc2C)cc1. The number of hydrogen-bond donors (Lipinski definition) is 0. The molecule has 19 heavy (non-hydrogen) atoms. The number of carbonyl (C=O) groups excluding carboxylic acids is 1. The van der Waals surface area contributed by atoms with Crippen molar-refractivity contribution in [2.24, 2.45) is 0 Å². The summed E-state index contributed by atoms with van der Waals surface area (Å²) in [4.78, 5) is 13.9. The Kier molecular flexibility index (Phi) is 4.16. The van der Waals surface area contributed by atoms with Gasteiger partial charge in [0.2, 0.25) is 0 Å². The normalized spacial score (nSPS) is 10.3. The monoisotopic (exact) mass is 276 g/mol. The highest BCUT2D eigenvalue weighted by Gasteiger charge is 2.15. The molecule has 0 aliphatic heterocycles. The molecule has 1 heterocycles. The molecule has 0 fully saturated rings. The molecule has 0 unspecified atom stereocenters. The van der Waals surface area contributed by atoms with Crippen molar-refractivity contribution in [3.05, 3.63) is 46.5 Å². The highest BCUT2D eigenvalue weighted by Crippen LogP contribution is 2.15. The van der Waals surface area contributed by atoms with Crippen LogP contribution in [0.1, 0.15) is 21.6 Å². The first-order valence-electron chi connectivity index (χ1n) is 5.91. The Morgan fingerprint density at radius 3 is 2.58 bits per heavy atom. The zero-order valence-corrected chi connectivity index (χ0v) is 12.0. The number of ether oxygens (including phenoxy) is 1. The molecule has 0 saturated heterocycles. The molecule has 5 heteroatoms. The molecule has 1 amide bonds. The van der Waals surface area contributed by atoms with E-state index in [1.807, 2.05) is 31.2 Å². The van der Waals surface area contributed by atoms with E-state index in [0.717, 1.165) is 17.0 Å². The molecule has 1 aromatic heterocycles. The van der Waals surface area contributed by atoms with Gasteiger partial charge in [0, 0.05) is 19.0 Å². The van der Waals surface area contributed by atoms with Crippen molar-refractivity contribution >= 4 is 17.4 Å². The fourth-order valence-electron chi connectivity index (χ4n) is 1.78. The maximum absolute atomic E-state index is 12.2. The fourth-order valence-corrected chi connectivity index (χ4v) is 2.47. The molecule has 0 radical (unpaired) electrons. The van der Waals surface area contributed by atoms with Crippen LogP contribution in [0.3, 0.4) is 0 Å². The summed E-state index contributed by atoms with van der Waals surface area (Å²) in [6.45, 7) is 2.42. The van der Waals surface area contributed by atoms with Gasteiger partial charge in [0.25, 0.3) is 5.91 Å². The van der Waals surface area contributed by atoms with Crippen LogP contribution in [0.25, 0.3) is 0 Å². The van der Waals surface area contributed by atoms with Crippen LogP contribution in [-0.4, -0.2) is 29.3 Å². The van der Waals surface area contributed by atoms with Gasteiger partial charge in [-0.2, -0.15) is 4.37 Å². The zero-order chi connectivity index (χ0) is 13.8. The minimum Gasteiger partial charge on any atom is -0.497 e. The predicted octanol–water partition coefficient (Wildman–Crippen LogP) is 2.73. The van der Waals surface area contributed by atoms with Gasteiger partial charge in [-0.3, -0.25) is 4.79 Å². The van der Waals surface area contributed by atoms with Gasteiger partial charge >= 0.3 is 0 Å². The van der Waals surface area contributed by atoms with Crippen LogP contribution in [0.4, 0.5) is 0 Å². The summed E-state index contributed by atoms with van der Waals surface area (Å²) in [7, 11) is 3.43. The van der Waals surface area contributed by atoms with E-state index in [2.05, 4.69) is 4.37 Å². The third-order valence-electron chi connectivity index (χ3n) is 2.91. The van der Waals surface area contributed by atoms with Gasteiger partial charge in [0.15, 0.2) is 0 Å². The molecule has 0 aliphatic carbocycles. The fraction of sp³-hybridized carbons (Fsp3) is 0.286. The number of aromatic nitrogens is 1. The minimum absolute atomic E-state index is 0.00191. The lowest BCUT2D eigenvalue weighted by molar-refractivity contribution is 0.0784. The number of methoxy groups -OCH3 is 1. The van der Waals surface area contributed by atoms with Crippen molar-refractivity contribution in [3.63, 3.8) is 0 Å². The first-order valence-corrected chi connectivity index (χ1v) is 6.75. The lowest BCUT2D eigenvalue weighted by atomic mass is 10.2. The second-order valence-electron chi connectivity index (χ2n) is 4.32. The molecule has 1 aromatic carbocycles. The average Bonchev–Trinajstić information content (AvgIpc) is 2.85. The summed E-state index contributed by atoms with van der Waals surface area (Å²) in [6.07, 6.45) is 0. The van der Waals surface area contributed by atoms with E-state index >= 15 is 0 Å². The Labute approximate surface area is 116 Å². The van der Waals surface area contributed by atoms with Crippen LogP contribution in [0, 0.1) is 6.92 Å². The maximum Gasteiger partial charge on any atom is 0.256 e. The lowest BCUT2D eigenvalue weighted by Crippen LogP contribution is -2.26. The molecule has 0 saturated carbocycles. The summed E-state index contributed by atoms with van der Waals surface area (Å²) in [5.74, 6) is 0.817. The van der Waals surface area contributed by atoms with Gasteiger partial charge in [-0.15, -0.1) is 0 Å². The van der Waals surface area contributed by atoms with Gasteiger partial charge in [-0.25, -0.2) is 0 Å². The number of hydrogen-bond acceptors (Lipinski definition) is 4. The molecule has 0 atom stereocenters. The number of rotatable bonds is 4. The van der Waals surface area contributed by atoms with E-state index in [4.69, 9.17) is 4.74 Å². The number of amides is 1. The molecule has 4 nitrogen and oxygen atoms in total. The Hall–Kier alpha value is -1.88. The summed E-state index contributed by atoms with van der Waals surface area (Å²) >= 11 is 1.31. The Balaban J connectivity index is 2.06. The summed E-state index contributed by atoms with van der Waals surface area (Å²) < 4.78 is 9.24. The second-order valence-corrected chi connectivity index (χ2v) is 4.95. The maximum atomic E-state index is 12.2. The lowest BCUT2D eigenvalue weighted by Gasteiger charge is -2.17. The highest BCUT2D eigenvalue weighted by atomic mass is 32.1. The van der Waals surface area contributed by atoms with E-state index in [1.165, 1.54) is 11.5 Å². The third kappa shape index (κ3) is 3.12. The van der Waals surface area contributed by atoms with Crippen molar-refractivity contribution in [2.45, 2.75) is 13.5 Å². The molecule has 2 aromatic rings. The quantitative estimate of drug-likeness (QED) is 0.862. The number of carbonyl (C=O) groups is 1.